The second kappa shape index (κ2) is 9.47. The molecule has 0 radical (unpaired) electrons. The van der Waals surface area contributed by atoms with E-state index in [4.69, 9.17) is 9.47 Å². The molecular formula is C20H24BrNO3. The number of nitrogens with one attached hydrogen (secondary N) is 1. The molecule has 0 saturated carbocycles. The number of rotatable bonds is 8. The van der Waals surface area contributed by atoms with Crippen LogP contribution in [0.5, 0.6) is 11.5 Å². The van der Waals surface area contributed by atoms with Gasteiger partial charge in [0.05, 0.1) is 10.5 Å². The first-order valence-corrected chi connectivity index (χ1v) is 9.17. The fourth-order valence-corrected chi connectivity index (χ4v) is 2.78. The first kappa shape index (κ1) is 19.3. The van der Waals surface area contributed by atoms with Crippen LogP contribution in [0.25, 0.3) is 0 Å². The van der Waals surface area contributed by atoms with Gasteiger partial charge in [-0.3, -0.25) is 4.79 Å². The first-order valence-electron chi connectivity index (χ1n) is 8.38. The van der Waals surface area contributed by atoms with Crippen molar-refractivity contribution in [1.82, 2.24) is 5.32 Å². The van der Waals surface area contributed by atoms with E-state index in [1.54, 1.807) is 0 Å². The average Bonchev–Trinajstić information content (AvgIpc) is 2.60. The van der Waals surface area contributed by atoms with Gasteiger partial charge in [0, 0.05) is 0 Å². The third kappa shape index (κ3) is 6.42. The molecule has 1 amide bonds. The molecule has 1 atom stereocenters. The van der Waals surface area contributed by atoms with Gasteiger partial charge in [-0.15, -0.1) is 0 Å². The Morgan fingerprint density at radius 3 is 2.52 bits per heavy atom. The molecule has 25 heavy (non-hydrogen) atoms. The normalized spacial score (nSPS) is 11.7. The van der Waals surface area contributed by atoms with Crippen LogP contribution >= 0.6 is 15.9 Å². The van der Waals surface area contributed by atoms with Crippen molar-refractivity contribution in [3.8, 4) is 11.5 Å². The Balaban J connectivity index is 1.74. The zero-order chi connectivity index (χ0) is 18.2. The van der Waals surface area contributed by atoms with Crippen molar-refractivity contribution in [2.75, 3.05) is 13.2 Å². The number of hydrogen-bond donors (Lipinski definition) is 1. The Bertz CT molecular complexity index is 701. The number of halogens is 1. The van der Waals surface area contributed by atoms with Crippen molar-refractivity contribution in [2.24, 2.45) is 0 Å². The fraction of sp³-hybridized carbons (Fsp3) is 0.350. The third-order valence-electron chi connectivity index (χ3n) is 3.69. The van der Waals surface area contributed by atoms with Gasteiger partial charge < -0.3 is 14.8 Å². The Morgan fingerprint density at radius 2 is 1.88 bits per heavy atom. The maximum Gasteiger partial charge on any atom is 0.258 e. The average molecular weight is 406 g/mol. The highest BCUT2D eigenvalue weighted by Crippen LogP contribution is 2.26. The number of carbonyl (C=O) groups is 1. The molecule has 2 aromatic rings. The lowest BCUT2D eigenvalue weighted by Crippen LogP contribution is -2.39. The molecule has 0 bridgehead atoms. The quantitative estimate of drug-likeness (QED) is 0.712. The molecule has 4 nitrogen and oxygen atoms in total. The molecule has 0 heterocycles. The van der Waals surface area contributed by atoms with E-state index in [0.717, 1.165) is 16.6 Å². The van der Waals surface area contributed by atoms with E-state index in [1.807, 2.05) is 56.3 Å². The van der Waals surface area contributed by atoms with Crippen LogP contribution in [0.3, 0.4) is 0 Å². The minimum absolute atomic E-state index is 0.0288. The lowest BCUT2D eigenvalue weighted by molar-refractivity contribution is -0.123. The van der Waals surface area contributed by atoms with Crippen LogP contribution < -0.4 is 14.8 Å². The van der Waals surface area contributed by atoms with Crippen molar-refractivity contribution >= 4 is 21.8 Å². The monoisotopic (exact) mass is 405 g/mol. The predicted molar refractivity (Wildman–Crippen MR) is 103 cm³/mol. The molecule has 5 heteroatoms. The second-order valence-corrected chi connectivity index (χ2v) is 6.85. The van der Waals surface area contributed by atoms with Crippen molar-refractivity contribution in [3.63, 3.8) is 0 Å². The third-order valence-corrected chi connectivity index (χ3v) is 4.31. The highest BCUT2D eigenvalue weighted by atomic mass is 79.9. The SMILES string of the molecule is CCc1ccc(OCC(=O)NC(C)COc2ccc(C)cc2)c(Br)c1. The summed E-state index contributed by atoms with van der Waals surface area (Å²) in [6.07, 6.45) is 0.956. The van der Waals surface area contributed by atoms with Crippen LogP contribution in [0, 0.1) is 6.92 Å². The van der Waals surface area contributed by atoms with E-state index < -0.39 is 0 Å². The molecule has 0 aromatic heterocycles. The van der Waals surface area contributed by atoms with Gasteiger partial charge >= 0.3 is 0 Å². The van der Waals surface area contributed by atoms with E-state index in [-0.39, 0.29) is 18.6 Å². The molecule has 0 aliphatic heterocycles. The van der Waals surface area contributed by atoms with Crippen molar-refractivity contribution in [3.05, 3.63) is 58.1 Å². The van der Waals surface area contributed by atoms with E-state index in [9.17, 15) is 4.79 Å². The van der Waals surface area contributed by atoms with Crippen LogP contribution in [-0.2, 0) is 11.2 Å². The van der Waals surface area contributed by atoms with E-state index in [1.165, 1.54) is 11.1 Å². The number of aryl methyl sites for hydroxylation is 2. The lowest BCUT2D eigenvalue weighted by atomic mass is 10.2. The number of amides is 1. The largest absolute Gasteiger partial charge is 0.491 e. The Morgan fingerprint density at radius 1 is 1.16 bits per heavy atom. The Hall–Kier alpha value is -2.01. The molecular weight excluding hydrogens is 382 g/mol. The number of ether oxygens (including phenoxy) is 2. The highest BCUT2D eigenvalue weighted by Gasteiger charge is 2.10. The zero-order valence-electron chi connectivity index (χ0n) is 14.8. The lowest BCUT2D eigenvalue weighted by Gasteiger charge is -2.16. The van der Waals surface area contributed by atoms with Gasteiger partial charge in [-0.2, -0.15) is 0 Å². The summed E-state index contributed by atoms with van der Waals surface area (Å²) in [6.45, 7) is 6.40. The number of carbonyl (C=O) groups excluding carboxylic acids is 1. The fourth-order valence-electron chi connectivity index (χ4n) is 2.24. The first-order chi connectivity index (χ1) is 12.0. The molecule has 0 spiro atoms. The molecule has 0 fully saturated rings. The van der Waals surface area contributed by atoms with Crippen molar-refractivity contribution in [2.45, 2.75) is 33.2 Å². The van der Waals surface area contributed by atoms with Crippen LogP contribution in [0.2, 0.25) is 0 Å². The molecule has 0 aliphatic carbocycles. The zero-order valence-corrected chi connectivity index (χ0v) is 16.4. The smallest absolute Gasteiger partial charge is 0.258 e. The summed E-state index contributed by atoms with van der Waals surface area (Å²) < 4.78 is 12.1. The maximum absolute atomic E-state index is 12.0. The van der Waals surface area contributed by atoms with E-state index in [0.29, 0.717) is 12.4 Å². The molecule has 1 unspecified atom stereocenters. The maximum atomic E-state index is 12.0. The van der Waals surface area contributed by atoms with Gasteiger partial charge in [0.15, 0.2) is 6.61 Å². The molecule has 2 aromatic carbocycles. The van der Waals surface area contributed by atoms with Gasteiger partial charge in [-0.05, 0) is 66.0 Å². The van der Waals surface area contributed by atoms with E-state index >= 15 is 0 Å². The molecule has 134 valence electrons. The van der Waals surface area contributed by atoms with Crippen LogP contribution in [-0.4, -0.2) is 25.2 Å². The minimum atomic E-state index is -0.175. The minimum Gasteiger partial charge on any atom is -0.491 e. The van der Waals surface area contributed by atoms with Crippen molar-refractivity contribution in [1.29, 1.82) is 0 Å². The van der Waals surface area contributed by atoms with Crippen LogP contribution in [0.1, 0.15) is 25.0 Å². The summed E-state index contributed by atoms with van der Waals surface area (Å²) in [5.74, 6) is 1.28. The predicted octanol–water partition coefficient (Wildman–Crippen LogP) is 4.28. The molecule has 0 saturated heterocycles. The molecule has 0 aliphatic rings. The summed E-state index contributed by atoms with van der Waals surface area (Å²) >= 11 is 3.47. The number of benzene rings is 2. The van der Waals surface area contributed by atoms with Crippen molar-refractivity contribution < 1.29 is 14.3 Å². The number of hydrogen-bond acceptors (Lipinski definition) is 3. The summed E-state index contributed by atoms with van der Waals surface area (Å²) in [6, 6.07) is 13.6. The van der Waals surface area contributed by atoms with Crippen LogP contribution in [0.15, 0.2) is 46.9 Å². The summed E-state index contributed by atoms with van der Waals surface area (Å²) in [7, 11) is 0. The van der Waals surface area contributed by atoms with Crippen LogP contribution in [0.4, 0.5) is 0 Å². The van der Waals surface area contributed by atoms with Gasteiger partial charge in [0.1, 0.15) is 18.1 Å². The summed E-state index contributed by atoms with van der Waals surface area (Å²) in [5.41, 5.74) is 2.40. The molecule has 1 N–H and O–H groups in total. The topological polar surface area (TPSA) is 47.6 Å². The van der Waals surface area contributed by atoms with Gasteiger partial charge in [-0.1, -0.05) is 30.7 Å². The second-order valence-electron chi connectivity index (χ2n) is 6.00. The van der Waals surface area contributed by atoms with Gasteiger partial charge in [0.2, 0.25) is 0 Å². The Kier molecular flexibility index (Phi) is 7.31. The Labute approximate surface area is 157 Å². The van der Waals surface area contributed by atoms with Gasteiger partial charge in [-0.25, -0.2) is 0 Å². The highest BCUT2D eigenvalue weighted by molar-refractivity contribution is 9.10. The van der Waals surface area contributed by atoms with Gasteiger partial charge in [0.25, 0.3) is 5.91 Å². The summed E-state index contributed by atoms with van der Waals surface area (Å²) in [5, 5.41) is 2.87. The van der Waals surface area contributed by atoms with E-state index in [2.05, 4.69) is 28.2 Å². The molecule has 2 rings (SSSR count). The summed E-state index contributed by atoms with van der Waals surface area (Å²) in [4.78, 5) is 12.0. The standard InChI is InChI=1S/C20H24BrNO3/c1-4-16-7-10-19(18(21)11-16)25-13-20(23)22-15(3)12-24-17-8-5-14(2)6-9-17/h5-11,15H,4,12-13H2,1-3H3,(H,22,23).